The number of ether oxygens (including phenoxy) is 1. The highest BCUT2D eigenvalue weighted by atomic mass is 32.2. The van der Waals surface area contributed by atoms with Crippen molar-refractivity contribution in [2.45, 2.75) is 38.1 Å². The van der Waals surface area contributed by atoms with Crippen LogP contribution in [0.25, 0.3) is 0 Å². The zero-order chi connectivity index (χ0) is 22.6. The molecule has 0 aromatic heterocycles. The van der Waals surface area contributed by atoms with Crippen molar-refractivity contribution >= 4 is 21.6 Å². The number of benzene rings is 2. The lowest BCUT2D eigenvalue weighted by Crippen LogP contribution is -2.55. The van der Waals surface area contributed by atoms with Gasteiger partial charge in [0.2, 0.25) is 0 Å². The predicted molar refractivity (Wildman–Crippen MR) is 122 cm³/mol. The molecule has 0 unspecified atom stereocenters. The van der Waals surface area contributed by atoms with Crippen molar-refractivity contribution in [2.24, 2.45) is 0 Å². The Morgan fingerprint density at radius 3 is 2.35 bits per heavy atom. The number of carbonyl (C=O) groups excluding carboxylic acids is 1. The largest absolute Gasteiger partial charge is 0.379 e. The molecule has 0 saturated carbocycles. The number of morpholine rings is 1. The molecule has 7 nitrogen and oxygen atoms in total. The molecule has 31 heavy (non-hydrogen) atoms. The Morgan fingerprint density at radius 2 is 1.71 bits per heavy atom. The summed E-state index contributed by atoms with van der Waals surface area (Å²) in [6, 6.07) is 11.8. The van der Waals surface area contributed by atoms with Crippen molar-refractivity contribution < 1.29 is 17.9 Å². The van der Waals surface area contributed by atoms with Crippen molar-refractivity contribution in [3.63, 3.8) is 0 Å². The lowest BCUT2D eigenvalue weighted by molar-refractivity contribution is -0.00923. The fourth-order valence-electron chi connectivity index (χ4n) is 3.54. The maximum Gasteiger partial charge on any atom is 0.262 e. The van der Waals surface area contributed by atoms with Gasteiger partial charge in [0.05, 0.1) is 18.1 Å². The van der Waals surface area contributed by atoms with Crippen LogP contribution >= 0.6 is 0 Å². The van der Waals surface area contributed by atoms with Crippen LogP contribution in [0.5, 0.6) is 0 Å². The summed E-state index contributed by atoms with van der Waals surface area (Å²) < 4.78 is 33.9. The molecule has 0 atom stereocenters. The zero-order valence-electron chi connectivity index (χ0n) is 18.6. The molecule has 168 valence electrons. The molecule has 1 saturated heterocycles. The second-order valence-corrected chi connectivity index (χ2v) is 10.2. The van der Waals surface area contributed by atoms with Gasteiger partial charge in [0.1, 0.15) is 0 Å². The lowest BCUT2D eigenvalue weighted by Gasteiger charge is -2.40. The van der Waals surface area contributed by atoms with Crippen LogP contribution in [0.15, 0.2) is 47.4 Å². The third-order valence-corrected chi connectivity index (χ3v) is 7.12. The molecule has 1 fully saturated rings. The number of nitrogens with zero attached hydrogens (tertiary/aromatic N) is 1. The number of rotatable bonds is 7. The molecular formula is C23H31N3O4S. The van der Waals surface area contributed by atoms with Crippen molar-refractivity contribution in [1.29, 1.82) is 0 Å². The van der Waals surface area contributed by atoms with Crippen LogP contribution < -0.4 is 10.0 Å². The first kappa shape index (κ1) is 23.2. The van der Waals surface area contributed by atoms with Crippen molar-refractivity contribution in [2.75, 3.05) is 37.6 Å². The average Bonchev–Trinajstić information content (AvgIpc) is 2.74. The van der Waals surface area contributed by atoms with E-state index in [-0.39, 0.29) is 16.3 Å². The van der Waals surface area contributed by atoms with Crippen molar-refractivity contribution in [1.82, 2.24) is 10.2 Å². The van der Waals surface area contributed by atoms with Gasteiger partial charge in [-0.1, -0.05) is 23.8 Å². The quantitative estimate of drug-likeness (QED) is 0.684. The Bertz CT molecular complexity index is 1030. The van der Waals surface area contributed by atoms with Gasteiger partial charge in [0.15, 0.2) is 0 Å². The number of hydrogen-bond donors (Lipinski definition) is 2. The summed E-state index contributed by atoms with van der Waals surface area (Å²) in [7, 11) is -3.83. The van der Waals surface area contributed by atoms with E-state index < -0.39 is 10.0 Å². The molecular weight excluding hydrogens is 414 g/mol. The number of sulfonamides is 1. The number of amides is 1. The Labute approximate surface area is 184 Å². The lowest BCUT2D eigenvalue weighted by atomic mass is 10.0. The van der Waals surface area contributed by atoms with Gasteiger partial charge in [0, 0.05) is 36.4 Å². The van der Waals surface area contributed by atoms with Crippen LogP contribution in [0.1, 0.15) is 35.3 Å². The molecule has 2 N–H and O–H groups in total. The molecule has 0 radical (unpaired) electrons. The van der Waals surface area contributed by atoms with E-state index in [4.69, 9.17) is 4.74 Å². The SMILES string of the molecule is Cc1ccc(NS(=O)(=O)c2cc(C(=O)NCC(C)(C)N3CCOCC3)ccc2C)cc1. The first-order chi connectivity index (χ1) is 14.6. The molecule has 0 bridgehead atoms. The molecule has 8 heteroatoms. The topological polar surface area (TPSA) is 87.7 Å². The first-order valence-electron chi connectivity index (χ1n) is 10.4. The second-order valence-electron chi connectivity index (χ2n) is 8.55. The van der Waals surface area contributed by atoms with Crippen LogP contribution in [-0.4, -0.2) is 57.6 Å². The third kappa shape index (κ3) is 5.84. The minimum absolute atomic E-state index is 0.0909. The predicted octanol–water partition coefficient (Wildman–Crippen LogP) is 2.94. The molecule has 1 aliphatic rings. The van der Waals surface area contributed by atoms with Gasteiger partial charge in [-0.05, 0) is 57.5 Å². The smallest absolute Gasteiger partial charge is 0.262 e. The van der Waals surface area contributed by atoms with Crippen LogP contribution in [0.3, 0.4) is 0 Å². The summed E-state index contributed by atoms with van der Waals surface area (Å²) in [4.78, 5) is 15.2. The van der Waals surface area contributed by atoms with Gasteiger partial charge in [0.25, 0.3) is 15.9 Å². The molecule has 0 spiro atoms. The van der Waals surface area contributed by atoms with Gasteiger partial charge in [-0.2, -0.15) is 0 Å². The van der Waals surface area contributed by atoms with Gasteiger partial charge in [-0.3, -0.25) is 14.4 Å². The number of anilines is 1. The molecule has 1 heterocycles. The maximum absolute atomic E-state index is 12.9. The van der Waals surface area contributed by atoms with Crippen LogP contribution in [0.2, 0.25) is 0 Å². The molecule has 3 rings (SSSR count). The van der Waals surface area contributed by atoms with E-state index in [9.17, 15) is 13.2 Å². The molecule has 1 aliphatic heterocycles. The maximum atomic E-state index is 12.9. The molecule has 2 aromatic rings. The van der Waals surface area contributed by atoms with E-state index in [1.54, 1.807) is 31.2 Å². The monoisotopic (exact) mass is 445 g/mol. The minimum Gasteiger partial charge on any atom is -0.379 e. The van der Waals surface area contributed by atoms with E-state index in [0.29, 0.717) is 36.6 Å². The van der Waals surface area contributed by atoms with Gasteiger partial charge < -0.3 is 10.1 Å². The molecule has 1 amide bonds. The molecule has 2 aromatic carbocycles. The fourth-order valence-corrected chi connectivity index (χ4v) is 4.87. The number of nitrogens with one attached hydrogen (secondary N) is 2. The van der Waals surface area contributed by atoms with Crippen molar-refractivity contribution in [3.8, 4) is 0 Å². The molecule has 0 aliphatic carbocycles. The highest BCUT2D eigenvalue weighted by Gasteiger charge is 2.29. The summed E-state index contributed by atoms with van der Waals surface area (Å²) in [5.74, 6) is -0.298. The summed E-state index contributed by atoms with van der Waals surface area (Å²) in [6.07, 6.45) is 0. The fraction of sp³-hybridized carbons (Fsp3) is 0.435. The highest BCUT2D eigenvalue weighted by molar-refractivity contribution is 7.92. The van der Waals surface area contributed by atoms with E-state index in [2.05, 4.69) is 28.8 Å². The summed E-state index contributed by atoms with van der Waals surface area (Å²) in [5.41, 5.74) is 2.17. The Kier molecular flexibility index (Phi) is 7.03. The number of hydrogen-bond acceptors (Lipinski definition) is 5. The third-order valence-electron chi connectivity index (χ3n) is 5.59. The van der Waals surface area contributed by atoms with Crippen LogP contribution in [0.4, 0.5) is 5.69 Å². The highest BCUT2D eigenvalue weighted by Crippen LogP contribution is 2.22. The summed E-state index contributed by atoms with van der Waals surface area (Å²) >= 11 is 0. The van der Waals surface area contributed by atoms with E-state index in [0.717, 1.165) is 18.7 Å². The normalized spacial score (nSPS) is 15.5. The van der Waals surface area contributed by atoms with Crippen LogP contribution in [-0.2, 0) is 14.8 Å². The second kappa shape index (κ2) is 9.38. The first-order valence-corrected chi connectivity index (χ1v) is 11.9. The van der Waals surface area contributed by atoms with E-state index in [1.807, 2.05) is 19.1 Å². The summed E-state index contributed by atoms with van der Waals surface area (Å²) in [5, 5.41) is 2.95. The average molecular weight is 446 g/mol. The Hall–Kier alpha value is -2.42. The van der Waals surface area contributed by atoms with Crippen molar-refractivity contribution in [3.05, 3.63) is 59.2 Å². The Balaban J connectivity index is 1.73. The van der Waals surface area contributed by atoms with Gasteiger partial charge in [-0.25, -0.2) is 8.42 Å². The van der Waals surface area contributed by atoms with E-state index >= 15 is 0 Å². The van der Waals surface area contributed by atoms with Crippen LogP contribution in [0, 0.1) is 13.8 Å². The van der Waals surface area contributed by atoms with E-state index in [1.165, 1.54) is 6.07 Å². The standard InChI is InChI=1S/C23H31N3O4S/c1-17-5-9-20(10-6-17)25-31(28,29)21-15-19(8-7-18(21)2)22(27)24-16-23(3,4)26-11-13-30-14-12-26/h5-10,15,25H,11-14,16H2,1-4H3,(H,24,27). The Morgan fingerprint density at radius 1 is 1.06 bits per heavy atom. The number of aryl methyl sites for hydroxylation is 2. The van der Waals surface area contributed by atoms with Gasteiger partial charge >= 0.3 is 0 Å². The number of carbonyl (C=O) groups is 1. The van der Waals surface area contributed by atoms with Gasteiger partial charge in [-0.15, -0.1) is 0 Å². The zero-order valence-corrected chi connectivity index (χ0v) is 19.4. The summed E-state index contributed by atoms with van der Waals surface area (Å²) in [6.45, 7) is 11.3. The minimum atomic E-state index is -3.83.